The molecule has 0 atom stereocenters. The van der Waals surface area contributed by atoms with Crippen LogP contribution in [0.25, 0.3) is 20.8 Å². The Bertz CT molecular complexity index is 1070. The van der Waals surface area contributed by atoms with Crippen LogP contribution in [0, 0.1) is 0 Å². The van der Waals surface area contributed by atoms with Crippen molar-refractivity contribution in [1.82, 2.24) is 9.97 Å². The topological polar surface area (TPSA) is 58.1 Å². The lowest BCUT2D eigenvalue weighted by Gasteiger charge is -2.12. The molecule has 0 aliphatic heterocycles. The Labute approximate surface area is 161 Å². The summed E-state index contributed by atoms with van der Waals surface area (Å²) in [5.74, 6) is -0.133. The van der Waals surface area contributed by atoms with Gasteiger partial charge in [0.2, 0.25) is 0 Å². The zero-order valence-electron chi connectivity index (χ0n) is 15.0. The number of aromatic nitrogens is 2. The second-order valence-electron chi connectivity index (χ2n) is 6.34. The Hall–Kier alpha value is -3.25. The van der Waals surface area contributed by atoms with Crippen molar-refractivity contribution in [2.24, 2.45) is 0 Å². The average molecular weight is 374 g/mol. The Kier molecular flexibility index (Phi) is 4.56. The summed E-state index contributed by atoms with van der Waals surface area (Å²) < 4.78 is 1.09. The van der Waals surface area contributed by atoms with Gasteiger partial charge < -0.3 is 10.2 Å². The molecule has 1 N–H and O–H groups in total. The molecule has 2 aromatic heterocycles. The minimum absolute atomic E-state index is 0.133. The Morgan fingerprint density at radius 2 is 1.89 bits per heavy atom. The predicted octanol–water partition coefficient (Wildman–Crippen LogP) is 4.68. The molecular weight excluding hydrogens is 356 g/mol. The van der Waals surface area contributed by atoms with Crippen LogP contribution in [-0.4, -0.2) is 30.0 Å². The molecule has 2 heterocycles. The molecule has 0 radical (unpaired) electrons. The van der Waals surface area contributed by atoms with E-state index >= 15 is 0 Å². The Morgan fingerprint density at radius 3 is 2.63 bits per heavy atom. The fraction of sp³-hybridized carbons (Fsp3) is 0.0952. The maximum Gasteiger partial charge on any atom is 0.255 e. The van der Waals surface area contributed by atoms with Gasteiger partial charge in [0.15, 0.2) is 0 Å². The monoisotopic (exact) mass is 374 g/mol. The number of anilines is 2. The number of hydrogen-bond donors (Lipinski definition) is 1. The van der Waals surface area contributed by atoms with Crippen molar-refractivity contribution >= 4 is 38.8 Å². The summed E-state index contributed by atoms with van der Waals surface area (Å²) in [6.07, 6.45) is 3.53. The summed E-state index contributed by atoms with van der Waals surface area (Å²) >= 11 is 1.61. The number of fused-ring (bicyclic) bond motifs is 1. The molecule has 4 aromatic rings. The Morgan fingerprint density at radius 1 is 1.07 bits per heavy atom. The normalized spacial score (nSPS) is 10.7. The first-order chi connectivity index (χ1) is 13.1. The van der Waals surface area contributed by atoms with Crippen molar-refractivity contribution < 1.29 is 4.79 Å². The molecule has 0 unspecified atom stereocenters. The highest BCUT2D eigenvalue weighted by atomic mass is 32.1. The molecule has 27 heavy (non-hydrogen) atoms. The molecule has 4 rings (SSSR count). The smallest absolute Gasteiger partial charge is 0.255 e. The first-order valence-corrected chi connectivity index (χ1v) is 9.31. The van der Waals surface area contributed by atoms with Gasteiger partial charge in [0.25, 0.3) is 5.91 Å². The van der Waals surface area contributed by atoms with Gasteiger partial charge in [-0.25, -0.2) is 4.98 Å². The number of carbonyl (C=O) groups is 1. The molecule has 0 aliphatic rings. The number of carbonyl (C=O) groups excluding carboxylic acids is 1. The summed E-state index contributed by atoms with van der Waals surface area (Å²) in [6.45, 7) is 0. The van der Waals surface area contributed by atoms with Gasteiger partial charge >= 0.3 is 0 Å². The standard InChI is InChI=1S/C21H18N4OS/c1-25(2)17-8-6-14(7-9-17)20(26)23-16-5-3-4-15(12-16)21-24-18-13-22-11-10-19(18)27-21/h3-13H,1-2H3,(H,23,26). The van der Waals surface area contributed by atoms with Gasteiger partial charge in [-0.05, 0) is 42.5 Å². The molecule has 5 nitrogen and oxygen atoms in total. The van der Waals surface area contributed by atoms with E-state index in [0.29, 0.717) is 5.56 Å². The number of pyridine rings is 1. The van der Waals surface area contributed by atoms with Crippen molar-refractivity contribution in [3.63, 3.8) is 0 Å². The van der Waals surface area contributed by atoms with Crippen LogP contribution in [0.5, 0.6) is 0 Å². The number of nitrogens with zero attached hydrogens (tertiary/aromatic N) is 3. The van der Waals surface area contributed by atoms with Crippen LogP contribution < -0.4 is 10.2 Å². The van der Waals surface area contributed by atoms with Crippen LogP contribution in [0.1, 0.15) is 10.4 Å². The number of thiazole rings is 1. The predicted molar refractivity (Wildman–Crippen MR) is 112 cm³/mol. The molecular formula is C21H18N4OS. The zero-order chi connectivity index (χ0) is 18.8. The molecule has 0 fully saturated rings. The maximum absolute atomic E-state index is 12.5. The number of nitrogens with one attached hydrogen (secondary N) is 1. The van der Waals surface area contributed by atoms with E-state index in [4.69, 9.17) is 0 Å². The summed E-state index contributed by atoms with van der Waals surface area (Å²) in [4.78, 5) is 23.3. The van der Waals surface area contributed by atoms with E-state index in [9.17, 15) is 4.79 Å². The molecule has 0 saturated heterocycles. The minimum Gasteiger partial charge on any atom is -0.378 e. The molecule has 1 amide bonds. The third-order valence-corrected chi connectivity index (χ3v) is 5.29. The SMILES string of the molecule is CN(C)c1ccc(C(=O)Nc2cccc(-c3nc4cnccc4s3)c2)cc1. The van der Waals surface area contributed by atoms with Crippen molar-refractivity contribution in [1.29, 1.82) is 0 Å². The average Bonchev–Trinajstić information content (AvgIpc) is 3.12. The van der Waals surface area contributed by atoms with Gasteiger partial charge in [-0.2, -0.15) is 0 Å². The van der Waals surface area contributed by atoms with Crippen LogP contribution in [0.2, 0.25) is 0 Å². The van der Waals surface area contributed by atoms with E-state index < -0.39 is 0 Å². The second kappa shape index (κ2) is 7.17. The van der Waals surface area contributed by atoms with Gasteiger partial charge in [-0.1, -0.05) is 12.1 Å². The van der Waals surface area contributed by atoms with E-state index in [0.717, 1.165) is 32.2 Å². The number of rotatable bonds is 4. The molecule has 0 bridgehead atoms. The van der Waals surface area contributed by atoms with Crippen LogP contribution in [0.4, 0.5) is 11.4 Å². The summed E-state index contributed by atoms with van der Waals surface area (Å²) in [7, 11) is 3.94. The van der Waals surface area contributed by atoms with Crippen molar-refractivity contribution in [2.45, 2.75) is 0 Å². The van der Waals surface area contributed by atoms with Gasteiger partial charge in [0.05, 0.1) is 10.9 Å². The van der Waals surface area contributed by atoms with Crippen LogP contribution >= 0.6 is 11.3 Å². The van der Waals surface area contributed by atoms with Crippen molar-refractivity contribution in [2.75, 3.05) is 24.3 Å². The lowest BCUT2D eigenvalue weighted by Crippen LogP contribution is -2.13. The highest BCUT2D eigenvalue weighted by molar-refractivity contribution is 7.21. The molecule has 0 spiro atoms. The highest BCUT2D eigenvalue weighted by Crippen LogP contribution is 2.30. The summed E-state index contributed by atoms with van der Waals surface area (Å²) in [6, 6.07) is 17.2. The largest absolute Gasteiger partial charge is 0.378 e. The molecule has 6 heteroatoms. The molecule has 134 valence electrons. The van der Waals surface area contributed by atoms with E-state index in [-0.39, 0.29) is 5.91 Å². The lowest BCUT2D eigenvalue weighted by atomic mass is 10.1. The first-order valence-electron chi connectivity index (χ1n) is 8.50. The van der Waals surface area contributed by atoms with Crippen LogP contribution in [0.3, 0.4) is 0 Å². The highest BCUT2D eigenvalue weighted by Gasteiger charge is 2.10. The minimum atomic E-state index is -0.133. The number of benzene rings is 2. The quantitative estimate of drug-likeness (QED) is 0.564. The fourth-order valence-corrected chi connectivity index (χ4v) is 3.68. The summed E-state index contributed by atoms with van der Waals surface area (Å²) in [5, 5.41) is 3.87. The van der Waals surface area contributed by atoms with Crippen LogP contribution in [-0.2, 0) is 0 Å². The van der Waals surface area contributed by atoms with Gasteiger partial charge in [-0.15, -0.1) is 11.3 Å². The summed E-state index contributed by atoms with van der Waals surface area (Å²) in [5.41, 5.74) is 4.27. The lowest BCUT2D eigenvalue weighted by molar-refractivity contribution is 0.102. The van der Waals surface area contributed by atoms with Gasteiger partial charge in [0.1, 0.15) is 10.5 Å². The van der Waals surface area contributed by atoms with Crippen molar-refractivity contribution in [3.8, 4) is 10.6 Å². The third-order valence-electron chi connectivity index (χ3n) is 4.20. The number of hydrogen-bond acceptors (Lipinski definition) is 5. The van der Waals surface area contributed by atoms with E-state index in [2.05, 4.69) is 15.3 Å². The molecule has 2 aromatic carbocycles. The molecule has 0 saturated carbocycles. The fourth-order valence-electron chi connectivity index (χ4n) is 2.75. The second-order valence-corrected chi connectivity index (χ2v) is 7.37. The van der Waals surface area contributed by atoms with Crippen LogP contribution in [0.15, 0.2) is 67.0 Å². The maximum atomic E-state index is 12.5. The first kappa shape index (κ1) is 17.2. The third kappa shape index (κ3) is 3.66. The van der Waals surface area contributed by atoms with E-state index in [1.54, 1.807) is 23.7 Å². The van der Waals surface area contributed by atoms with E-state index in [1.807, 2.05) is 73.6 Å². The van der Waals surface area contributed by atoms with Crippen molar-refractivity contribution in [3.05, 3.63) is 72.6 Å². The zero-order valence-corrected chi connectivity index (χ0v) is 15.8. The van der Waals surface area contributed by atoms with E-state index in [1.165, 1.54) is 0 Å². The molecule has 0 aliphatic carbocycles. The Balaban J connectivity index is 1.56. The van der Waals surface area contributed by atoms with Gasteiger partial charge in [-0.3, -0.25) is 9.78 Å². The number of amides is 1. The van der Waals surface area contributed by atoms with Gasteiger partial charge in [0, 0.05) is 42.8 Å².